The number of hydrogen-bond donors (Lipinski definition) is 1. The highest BCUT2D eigenvalue weighted by Gasteiger charge is 2.35. The summed E-state index contributed by atoms with van der Waals surface area (Å²) < 4.78 is 49.8. The number of alkyl halides is 3. The molecule has 0 amide bonds. The summed E-state index contributed by atoms with van der Waals surface area (Å²) in [7, 11) is 0. The summed E-state index contributed by atoms with van der Waals surface area (Å²) in [6.45, 7) is 2.47. The van der Waals surface area contributed by atoms with Gasteiger partial charge in [-0.3, -0.25) is 0 Å². The van der Waals surface area contributed by atoms with Crippen LogP contribution in [0.4, 0.5) is 13.2 Å². The minimum absolute atomic E-state index is 0.144. The first-order valence-electron chi connectivity index (χ1n) is 6.13. The van der Waals surface area contributed by atoms with E-state index >= 15 is 0 Å². The Morgan fingerprint density at radius 1 is 1.21 bits per heavy atom. The third kappa shape index (κ3) is 3.32. The summed E-state index contributed by atoms with van der Waals surface area (Å²) in [6.07, 6.45) is -3.63. The maximum Gasteiger partial charge on any atom is 0.416 e. The minimum Gasteiger partial charge on any atom is -0.490 e. The molecular formula is C13H16F3NO2. The van der Waals surface area contributed by atoms with E-state index in [-0.39, 0.29) is 23.8 Å². The highest BCUT2D eigenvalue weighted by molar-refractivity contribution is 5.49. The fraction of sp³-hybridized carbons (Fsp3) is 0.538. The van der Waals surface area contributed by atoms with Crippen molar-refractivity contribution in [3.8, 4) is 11.5 Å². The lowest BCUT2D eigenvalue weighted by atomic mass is 10.00. The van der Waals surface area contributed by atoms with Crippen LogP contribution in [-0.2, 0) is 12.6 Å². The summed E-state index contributed by atoms with van der Waals surface area (Å²) in [5, 5.41) is 0. The van der Waals surface area contributed by atoms with E-state index in [9.17, 15) is 13.2 Å². The zero-order chi connectivity index (χ0) is 14.0. The van der Waals surface area contributed by atoms with Crippen LogP contribution in [0.15, 0.2) is 12.1 Å². The zero-order valence-electron chi connectivity index (χ0n) is 10.6. The fourth-order valence-corrected chi connectivity index (χ4v) is 2.03. The lowest BCUT2D eigenvalue weighted by molar-refractivity contribution is -0.138. The average molecular weight is 275 g/mol. The van der Waals surface area contributed by atoms with Crippen molar-refractivity contribution in [2.45, 2.75) is 32.0 Å². The van der Waals surface area contributed by atoms with E-state index in [1.165, 1.54) is 6.07 Å². The topological polar surface area (TPSA) is 44.5 Å². The maximum atomic E-state index is 13.0. The molecular weight excluding hydrogens is 259 g/mol. The molecule has 0 saturated heterocycles. The van der Waals surface area contributed by atoms with E-state index < -0.39 is 11.7 Å². The van der Waals surface area contributed by atoms with Crippen molar-refractivity contribution in [3.05, 3.63) is 23.3 Å². The van der Waals surface area contributed by atoms with Crippen molar-refractivity contribution >= 4 is 0 Å². The molecule has 6 heteroatoms. The fourth-order valence-electron chi connectivity index (χ4n) is 2.03. The number of hydrogen-bond acceptors (Lipinski definition) is 3. The molecule has 1 unspecified atom stereocenters. The molecule has 106 valence electrons. The largest absolute Gasteiger partial charge is 0.490 e. The van der Waals surface area contributed by atoms with Crippen molar-refractivity contribution in [2.24, 2.45) is 5.73 Å². The number of ether oxygens (including phenoxy) is 2. The van der Waals surface area contributed by atoms with Crippen molar-refractivity contribution in [3.63, 3.8) is 0 Å². The van der Waals surface area contributed by atoms with Crippen LogP contribution in [0.5, 0.6) is 11.5 Å². The molecule has 1 aliphatic rings. The first-order valence-corrected chi connectivity index (χ1v) is 6.13. The van der Waals surface area contributed by atoms with Crippen molar-refractivity contribution in [1.29, 1.82) is 0 Å². The third-order valence-corrected chi connectivity index (χ3v) is 2.82. The van der Waals surface area contributed by atoms with Crippen LogP contribution in [0.1, 0.15) is 24.5 Å². The Labute approximate surface area is 109 Å². The number of fused-ring (bicyclic) bond motifs is 1. The summed E-state index contributed by atoms with van der Waals surface area (Å²) in [4.78, 5) is 0. The molecule has 0 bridgehead atoms. The highest BCUT2D eigenvalue weighted by Crippen LogP contribution is 2.40. The lowest BCUT2D eigenvalue weighted by Crippen LogP contribution is -2.21. The number of nitrogens with two attached hydrogens (primary N) is 1. The van der Waals surface area contributed by atoms with E-state index in [0.29, 0.717) is 25.4 Å². The maximum absolute atomic E-state index is 13.0. The Bertz CT molecular complexity index is 458. The highest BCUT2D eigenvalue weighted by atomic mass is 19.4. The van der Waals surface area contributed by atoms with E-state index in [1.807, 2.05) is 0 Å². The molecule has 1 aromatic rings. The minimum atomic E-state index is -4.42. The van der Waals surface area contributed by atoms with Gasteiger partial charge in [0.2, 0.25) is 0 Å². The average Bonchev–Trinajstić information content (AvgIpc) is 2.50. The van der Waals surface area contributed by atoms with Gasteiger partial charge in [-0.05, 0) is 31.0 Å². The third-order valence-electron chi connectivity index (χ3n) is 2.82. The lowest BCUT2D eigenvalue weighted by Gasteiger charge is -2.17. The monoisotopic (exact) mass is 275 g/mol. The molecule has 1 atom stereocenters. The van der Waals surface area contributed by atoms with Crippen molar-refractivity contribution in [2.75, 3.05) is 13.2 Å². The second-order valence-corrected chi connectivity index (χ2v) is 4.69. The Morgan fingerprint density at radius 2 is 1.79 bits per heavy atom. The van der Waals surface area contributed by atoms with Crippen molar-refractivity contribution in [1.82, 2.24) is 0 Å². The van der Waals surface area contributed by atoms with Crippen molar-refractivity contribution < 1.29 is 22.6 Å². The Hall–Kier alpha value is -1.43. The molecule has 3 nitrogen and oxygen atoms in total. The summed E-state index contributed by atoms with van der Waals surface area (Å²) in [5.74, 6) is 0.513. The van der Waals surface area contributed by atoms with Crippen LogP contribution in [0.25, 0.3) is 0 Å². The van der Waals surface area contributed by atoms with E-state index in [4.69, 9.17) is 15.2 Å². The van der Waals surface area contributed by atoms with Crippen LogP contribution in [0.3, 0.4) is 0 Å². The van der Waals surface area contributed by atoms with Gasteiger partial charge < -0.3 is 15.2 Å². The number of benzene rings is 1. The Morgan fingerprint density at radius 3 is 2.32 bits per heavy atom. The zero-order valence-corrected chi connectivity index (χ0v) is 10.6. The summed E-state index contributed by atoms with van der Waals surface area (Å²) in [6, 6.07) is 2.05. The predicted molar refractivity (Wildman–Crippen MR) is 64.4 cm³/mol. The predicted octanol–water partition coefficient (Wildman–Crippen LogP) is 2.76. The van der Waals surface area contributed by atoms with Crippen LogP contribution < -0.4 is 15.2 Å². The molecule has 1 heterocycles. The van der Waals surface area contributed by atoms with E-state index in [2.05, 4.69) is 0 Å². The molecule has 0 fully saturated rings. The quantitative estimate of drug-likeness (QED) is 0.902. The smallest absolute Gasteiger partial charge is 0.416 e. The van der Waals surface area contributed by atoms with Gasteiger partial charge in [0.05, 0.1) is 18.8 Å². The molecule has 0 saturated carbocycles. The molecule has 2 rings (SSSR count). The SMILES string of the molecule is CC(N)Cc1cc2c(cc1C(F)(F)F)OCCCO2. The van der Waals surface area contributed by atoms with Gasteiger partial charge in [0.25, 0.3) is 0 Å². The molecule has 0 radical (unpaired) electrons. The van der Waals surface area contributed by atoms with Gasteiger partial charge in [-0.15, -0.1) is 0 Å². The van der Waals surface area contributed by atoms with Gasteiger partial charge in [0.1, 0.15) is 0 Å². The number of rotatable bonds is 2. The van der Waals surface area contributed by atoms with Gasteiger partial charge in [-0.25, -0.2) is 0 Å². The van der Waals surface area contributed by atoms with Crippen LogP contribution in [0, 0.1) is 0 Å². The van der Waals surface area contributed by atoms with Crippen LogP contribution in [0.2, 0.25) is 0 Å². The van der Waals surface area contributed by atoms with Gasteiger partial charge in [-0.1, -0.05) is 0 Å². The second kappa shape index (κ2) is 5.28. The first-order chi connectivity index (χ1) is 8.88. The van der Waals surface area contributed by atoms with Gasteiger partial charge in [0, 0.05) is 12.5 Å². The number of halogens is 3. The Balaban J connectivity index is 2.47. The summed E-state index contributed by atoms with van der Waals surface area (Å²) in [5.41, 5.74) is 5.05. The normalized spacial score (nSPS) is 16.9. The second-order valence-electron chi connectivity index (χ2n) is 4.69. The van der Waals surface area contributed by atoms with E-state index in [1.54, 1.807) is 6.92 Å². The molecule has 0 aromatic heterocycles. The van der Waals surface area contributed by atoms with Gasteiger partial charge in [0.15, 0.2) is 11.5 Å². The molecule has 19 heavy (non-hydrogen) atoms. The molecule has 2 N–H and O–H groups in total. The molecule has 1 aromatic carbocycles. The standard InChI is InChI=1S/C13H16F3NO2/c1-8(17)5-9-6-11-12(19-4-2-3-18-11)7-10(9)13(14,15)16/h6-8H,2-5,17H2,1H3. The molecule has 0 aliphatic carbocycles. The summed E-state index contributed by atoms with van der Waals surface area (Å²) >= 11 is 0. The van der Waals surface area contributed by atoms with Crippen LogP contribution in [-0.4, -0.2) is 19.3 Å². The van der Waals surface area contributed by atoms with E-state index in [0.717, 1.165) is 6.07 Å². The van der Waals surface area contributed by atoms with Gasteiger partial charge >= 0.3 is 6.18 Å². The van der Waals surface area contributed by atoms with Gasteiger partial charge in [-0.2, -0.15) is 13.2 Å². The molecule has 0 spiro atoms. The molecule has 1 aliphatic heterocycles. The van der Waals surface area contributed by atoms with Crippen LogP contribution >= 0.6 is 0 Å². The first kappa shape index (κ1) is 14.0. The Kier molecular flexibility index (Phi) is 3.89.